The number of allylic oxidation sites excluding steroid dienone is 2. The third kappa shape index (κ3) is 5.70. The van der Waals surface area contributed by atoms with Gasteiger partial charge in [-0.05, 0) is 43.4 Å². The zero-order valence-electron chi connectivity index (χ0n) is 15.6. The van der Waals surface area contributed by atoms with Crippen LogP contribution in [0.5, 0.6) is 0 Å². The fourth-order valence-electron chi connectivity index (χ4n) is 3.45. The van der Waals surface area contributed by atoms with Crippen molar-refractivity contribution in [2.45, 2.75) is 58.8 Å². The minimum atomic E-state index is 0.366. The standard InChI is InChI=1S/C19H26BrNS.C2H6/c1-4-18(22)21(3)14(2)19(15-9-6-5-7-10-15)16-11-8-12-17(20)13-16;1-2/h4,8,11-13,15,19,22H,2,5-7,9-10H2,1,3H3;1-2H3/b18-4+;. The Labute approximate surface area is 162 Å². The van der Waals surface area contributed by atoms with Gasteiger partial charge in [0.25, 0.3) is 0 Å². The summed E-state index contributed by atoms with van der Waals surface area (Å²) in [5.41, 5.74) is 2.50. The molecule has 1 aliphatic rings. The van der Waals surface area contributed by atoms with Crippen molar-refractivity contribution < 1.29 is 0 Å². The normalized spacial score (nSPS) is 16.8. The van der Waals surface area contributed by atoms with Gasteiger partial charge >= 0.3 is 0 Å². The van der Waals surface area contributed by atoms with Crippen LogP contribution in [0.25, 0.3) is 0 Å². The van der Waals surface area contributed by atoms with Crippen LogP contribution in [0, 0.1) is 5.92 Å². The fraction of sp³-hybridized carbons (Fsp3) is 0.524. The molecule has 0 bridgehead atoms. The van der Waals surface area contributed by atoms with Gasteiger partial charge < -0.3 is 4.90 Å². The van der Waals surface area contributed by atoms with Gasteiger partial charge in [0.05, 0.1) is 5.03 Å². The first-order chi connectivity index (χ1) is 11.5. The molecule has 0 spiro atoms. The summed E-state index contributed by atoms with van der Waals surface area (Å²) in [5.74, 6) is 1.04. The lowest BCUT2D eigenvalue weighted by atomic mass is 9.75. The second-order valence-electron chi connectivity index (χ2n) is 6.13. The lowest BCUT2D eigenvalue weighted by Crippen LogP contribution is -2.26. The molecule has 1 aliphatic carbocycles. The second-order valence-corrected chi connectivity index (χ2v) is 7.50. The molecular formula is C21H32BrNS. The van der Waals surface area contributed by atoms with Crippen molar-refractivity contribution >= 4 is 28.6 Å². The Morgan fingerprint density at radius 2 is 1.92 bits per heavy atom. The summed E-state index contributed by atoms with van der Waals surface area (Å²) < 4.78 is 1.14. The van der Waals surface area contributed by atoms with E-state index in [4.69, 9.17) is 0 Å². The van der Waals surface area contributed by atoms with Crippen LogP contribution >= 0.6 is 28.6 Å². The molecule has 0 amide bonds. The molecule has 3 heteroatoms. The topological polar surface area (TPSA) is 3.24 Å². The molecule has 24 heavy (non-hydrogen) atoms. The molecule has 0 radical (unpaired) electrons. The third-order valence-corrected chi connectivity index (χ3v) is 5.77. The predicted molar refractivity (Wildman–Crippen MR) is 114 cm³/mol. The summed E-state index contributed by atoms with van der Waals surface area (Å²) in [6, 6.07) is 8.69. The maximum Gasteiger partial charge on any atom is 0.0672 e. The first kappa shape index (κ1) is 21.4. The first-order valence-corrected chi connectivity index (χ1v) is 10.3. The molecule has 0 N–H and O–H groups in total. The van der Waals surface area contributed by atoms with Gasteiger partial charge in [0.15, 0.2) is 0 Å². The Hall–Kier alpha value is -0.670. The molecule has 134 valence electrons. The van der Waals surface area contributed by atoms with E-state index in [0.29, 0.717) is 11.8 Å². The van der Waals surface area contributed by atoms with E-state index in [0.717, 1.165) is 15.2 Å². The van der Waals surface area contributed by atoms with Crippen molar-refractivity contribution in [1.82, 2.24) is 4.90 Å². The summed E-state index contributed by atoms with van der Waals surface area (Å²) >= 11 is 8.19. The molecule has 0 heterocycles. The van der Waals surface area contributed by atoms with Gasteiger partial charge in [-0.15, -0.1) is 12.6 Å². The Morgan fingerprint density at radius 1 is 1.29 bits per heavy atom. The van der Waals surface area contributed by atoms with Gasteiger partial charge in [0.1, 0.15) is 0 Å². The van der Waals surface area contributed by atoms with Crippen LogP contribution in [0.1, 0.15) is 64.4 Å². The maximum absolute atomic E-state index is 4.57. The van der Waals surface area contributed by atoms with Gasteiger partial charge in [-0.1, -0.05) is 73.8 Å². The van der Waals surface area contributed by atoms with E-state index < -0.39 is 0 Å². The van der Waals surface area contributed by atoms with E-state index in [2.05, 4.69) is 71.4 Å². The van der Waals surface area contributed by atoms with Gasteiger partial charge in [-0.2, -0.15) is 0 Å². The average molecular weight is 410 g/mol. The van der Waals surface area contributed by atoms with E-state index in [1.165, 1.54) is 37.7 Å². The van der Waals surface area contributed by atoms with Crippen LogP contribution in [0.3, 0.4) is 0 Å². The zero-order chi connectivity index (χ0) is 18.1. The maximum atomic E-state index is 4.57. The van der Waals surface area contributed by atoms with Crippen molar-refractivity contribution in [3.05, 3.63) is 57.7 Å². The van der Waals surface area contributed by atoms with Crippen molar-refractivity contribution in [2.75, 3.05) is 7.05 Å². The van der Waals surface area contributed by atoms with E-state index in [1.54, 1.807) is 0 Å². The van der Waals surface area contributed by atoms with Gasteiger partial charge in [-0.25, -0.2) is 0 Å². The number of nitrogens with zero attached hydrogens (tertiary/aromatic N) is 1. The lowest BCUT2D eigenvalue weighted by Gasteiger charge is -2.36. The highest BCUT2D eigenvalue weighted by atomic mass is 79.9. The van der Waals surface area contributed by atoms with Crippen molar-refractivity contribution in [2.24, 2.45) is 5.92 Å². The molecule has 1 saturated carbocycles. The van der Waals surface area contributed by atoms with Crippen LogP contribution < -0.4 is 0 Å². The first-order valence-electron chi connectivity index (χ1n) is 9.08. The molecule has 2 rings (SSSR count). The van der Waals surface area contributed by atoms with Crippen LogP contribution in [-0.2, 0) is 0 Å². The van der Waals surface area contributed by atoms with E-state index in [1.807, 2.05) is 26.8 Å². The quantitative estimate of drug-likeness (QED) is 0.496. The molecule has 1 fully saturated rings. The molecule has 1 aromatic rings. The molecule has 0 saturated heterocycles. The number of hydrogen-bond donors (Lipinski definition) is 1. The SMILES string of the molecule is C=C(C(c1cccc(Br)c1)C1CCCCC1)N(C)/C(S)=C\C.CC. The lowest BCUT2D eigenvalue weighted by molar-refractivity contribution is 0.301. The number of rotatable bonds is 5. The van der Waals surface area contributed by atoms with Crippen LogP contribution in [0.4, 0.5) is 0 Å². The van der Waals surface area contributed by atoms with Crippen molar-refractivity contribution in [3.8, 4) is 0 Å². The molecular weight excluding hydrogens is 378 g/mol. The van der Waals surface area contributed by atoms with Gasteiger partial charge in [0.2, 0.25) is 0 Å². The average Bonchev–Trinajstić information content (AvgIpc) is 2.63. The van der Waals surface area contributed by atoms with Crippen LogP contribution in [-0.4, -0.2) is 11.9 Å². The Bertz CT molecular complexity index is 547. The Kier molecular flexibility index (Phi) is 9.84. The van der Waals surface area contributed by atoms with Crippen LogP contribution in [0.15, 0.2) is 52.1 Å². The van der Waals surface area contributed by atoms with Gasteiger partial charge in [-0.3, -0.25) is 0 Å². The minimum absolute atomic E-state index is 0.366. The smallest absolute Gasteiger partial charge is 0.0672 e. The Morgan fingerprint density at radius 3 is 2.46 bits per heavy atom. The number of likely N-dealkylation sites (N-methyl/N-ethyl adjacent to an activating group) is 1. The zero-order valence-corrected chi connectivity index (χ0v) is 18.0. The number of benzene rings is 1. The summed E-state index contributed by atoms with van der Waals surface area (Å²) in [5, 5.41) is 0.959. The molecule has 0 aromatic heterocycles. The van der Waals surface area contributed by atoms with Crippen LogP contribution in [0.2, 0.25) is 0 Å². The van der Waals surface area contributed by atoms with E-state index in [-0.39, 0.29) is 0 Å². The molecule has 1 aromatic carbocycles. The second kappa shape index (κ2) is 11.0. The van der Waals surface area contributed by atoms with Crippen molar-refractivity contribution in [1.29, 1.82) is 0 Å². The summed E-state index contributed by atoms with van der Waals surface area (Å²) in [6.45, 7) is 10.4. The highest BCUT2D eigenvalue weighted by molar-refractivity contribution is 9.10. The monoisotopic (exact) mass is 409 g/mol. The Balaban J connectivity index is 0.00000139. The summed E-state index contributed by atoms with van der Waals surface area (Å²) in [6.07, 6.45) is 8.65. The summed E-state index contributed by atoms with van der Waals surface area (Å²) in [4.78, 5) is 2.13. The molecule has 1 nitrogen and oxygen atoms in total. The fourth-order valence-corrected chi connectivity index (χ4v) is 4.00. The van der Waals surface area contributed by atoms with Crippen molar-refractivity contribution in [3.63, 3.8) is 0 Å². The number of halogens is 1. The minimum Gasteiger partial charge on any atom is -0.343 e. The number of hydrogen-bond acceptors (Lipinski definition) is 2. The van der Waals surface area contributed by atoms with Gasteiger partial charge in [0, 0.05) is 23.1 Å². The summed E-state index contributed by atoms with van der Waals surface area (Å²) in [7, 11) is 2.07. The largest absolute Gasteiger partial charge is 0.343 e. The molecule has 1 atom stereocenters. The highest BCUT2D eigenvalue weighted by Crippen LogP contribution is 2.42. The molecule has 0 aliphatic heterocycles. The third-order valence-electron chi connectivity index (χ3n) is 4.72. The van der Waals surface area contributed by atoms with E-state index in [9.17, 15) is 0 Å². The predicted octanol–water partition coefficient (Wildman–Crippen LogP) is 7.38. The number of thiol groups is 1. The van der Waals surface area contributed by atoms with E-state index >= 15 is 0 Å². The highest BCUT2D eigenvalue weighted by Gasteiger charge is 2.29. The molecule has 1 unspecified atom stereocenters.